The predicted molar refractivity (Wildman–Crippen MR) is 126 cm³/mol. The van der Waals surface area contributed by atoms with E-state index in [1.165, 1.54) is 39.1 Å². The van der Waals surface area contributed by atoms with Gasteiger partial charge in [-0.3, -0.25) is 14.7 Å². The highest BCUT2D eigenvalue weighted by Crippen LogP contribution is 2.31. The van der Waals surface area contributed by atoms with Crippen LogP contribution in [0.25, 0.3) is 0 Å². The monoisotopic (exact) mass is 393 g/mol. The summed E-state index contributed by atoms with van der Waals surface area (Å²) in [7, 11) is 0. The fourth-order valence-corrected chi connectivity index (χ4v) is 4.01. The van der Waals surface area contributed by atoms with Gasteiger partial charge in [-0.05, 0) is 74.1 Å². The molecule has 1 fully saturated rings. The maximum absolute atomic E-state index is 2.58. The molecule has 1 saturated heterocycles. The Kier molecular flexibility index (Phi) is 8.41. The molecule has 2 rings (SSSR count). The summed E-state index contributed by atoms with van der Waals surface area (Å²) in [5, 5.41) is 0. The molecule has 3 heteroatoms. The van der Waals surface area contributed by atoms with Crippen LogP contribution in [0, 0.1) is 5.41 Å². The Morgan fingerprint density at radius 1 is 0.536 bits per heavy atom. The van der Waals surface area contributed by atoms with E-state index in [0.29, 0.717) is 22.0 Å². The van der Waals surface area contributed by atoms with Crippen molar-refractivity contribution in [1.82, 2.24) is 14.7 Å². The highest BCUT2D eigenvalue weighted by Gasteiger charge is 2.30. The molecule has 0 radical (unpaired) electrons. The molecule has 0 spiro atoms. The van der Waals surface area contributed by atoms with Gasteiger partial charge in [-0.25, -0.2) is 0 Å². The van der Waals surface area contributed by atoms with Crippen molar-refractivity contribution in [2.75, 3.05) is 39.3 Å². The van der Waals surface area contributed by atoms with Gasteiger partial charge in [0.15, 0.2) is 0 Å². The fraction of sp³-hybridized carbons (Fsp3) is 0.920. The van der Waals surface area contributed by atoms with Gasteiger partial charge in [-0.1, -0.05) is 32.4 Å². The van der Waals surface area contributed by atoms with Crippen LogP contribution in [-0.2, 0) is 0 Å². The number of hydrogen-bond donors (Lipinski definition) is 0. The summed E-state index contributed by atoms with van der Waals surface area (Å²) < 4.78 is 0. The van der Waals surface area contributed by atoms with Gasteiger partial charge in [0.1, 0.15) is 0 Å². The van der Waals surface area contributed by atoms with Gasteiger partial charge in [0.05, 0.1) is 0 Å². The van der Waals surface area contributed by atoms with Gasteiger partial charge in [0.2, 0.25) is 0 Å². The third kappa shape index (κ3) is 8.16. The van der Waals surface area contributed by atoms with E-state index in [4.69, 9.17) is 0 Å². The first-order valence-corrected chi connectivity index (χ1v) is 11.4. The molecule has 0 aromatic heterocycles. The standard InChI is InChI=1S/C13H25N.C12H26N2/c1-12(2,3)11-7-9-14(10-8-11)13(4,5)6;1-11(2,3)13-7-9-14(10-8-13)12(4,5)6/h7H,8-10H2,1-6H3;7-10H2,1-6H3. The van der Waals surface area contributed by atoms with Crippen molar-refractivity contribution < 1.29 is 0 Å². The van der Waals surface area contributed by atoms with Gasteiger partial charge in [0.25, 0.3) is 0 Å². The highest BCUT2D eigenvalue weighted by atomic mass is 15.3. The molecule has 0 atom stereocenters. The topological polar surface area (TPSA) is 9.72 Å². The first kappa shape index (κ1) is 25.7. The molecule has 0 amide bonds. The summed E-state index contributed by atoms with van der Waals surface area (Å²) >= 11 is 0. The molecule has 0 aromatic carbocycles. The zero-order valence-electron chi connectivity index (χ0n) is 21.4. The van der Waals surface area contributed by atoms with Crippen molar-refractivity contribution in [2.24, 2.45) is 5.41 Å². The molecule has 28 heavy (non-hydrogen) atoms. The smallest absolute Gasteiger partial charge is 0.0171 e. The summed E-state index contributed by atoms with van der Waals surface area (Å²) in [6.07, 6.45) is 3.66. The SMILES string of the molecule is CC(C)(C)C1=CCN(C(C)(C)C)CC1.CC(C)(C)N1CCN(C(C)(C)C)CC1. The van der Waals surface area contributed by atoms with Crippen LogP contribution in [0.3, 0.4) is 0 Å². The Bertz CT molecular complexity index is 476. The van der Waals surface area contributed by atoms with E-state index in [9.17, 15) is 0 Å². The maximum atomic E-state index is 2.58. The number of nitrogens with zero attached hydrogens (tertiary/aromatic N) is 3. The summed E-state index contributed by atoms with van der Waals surface area (Å²) in [4.78, 5) is 7.70. The quantitative estimate of drug-likeness (QED) is 0.491. The number of hydrogen-bond acceptors (Lipinski definition) is 3. The van der Waals surface area contributed by atoms with Crippen LogP contribution < -0.4 is 0 Å². The van der Waals surface area contributed by atoms with Crippen molar-refractivity contribution in [3.05, 3.63) is 11.6 Å². The minimum absolute atomic E-state index is 0.319. The molecule has 0 unspecified atom stereocenters. The second-order valence-corrected chi connectivity index (χ2v) is 12.7. The van der Waals surface area contributed by atoms with E-state index in [-0.39, 0.29) is 0 Å². The molecule has 3 nitrogen and oxygen atoms in total. The Morgan fingerprint density at radius 2 is 0.893 bits per heavy atom. The van der Waals surface area contributed by atoms with Crippen molar-refractivity contribution in [3.8, 4) is 0 Å². The first-order valence-electron chi connectivity index (χ1n) is 11.4. The van der Waals surface area contributed by atoms with Crippen molar-refractivity contribution >= 4 is 0 Å². The Hall–Kier alpha value is -0.380. The molecule has 0 saturated carbocycles. The Labute approximate surface area is 177 Å². The molecule has 0 N–H and O–H groups in total. The number of piperazine rings is 1. The van der Waals surface area contributed by atoms with Crippen molar-refractivity contribution in [2.45, 2.75) is 106 Å². The van der Waals surface area contributed by atoms with Crippen LogP contribution in [0.1, 0.15) is 89.5 Å². The van der Waals surface area contributed by atoms with Crippen LogP contribution in [0.2, 0.25) is 0 Å². The van der Waals surface area contributed by atoms with Crippen molar-refractivity contribution in [1.29, 1.82) is 0 Å². The Morgan fingerprint density at radius 3 is 1.11 bits per heavy atom. The normalized spacial score (nSPS) is 21.8. The molecule has 166 valence electrons. The molecule has 0 aliphatic carbocycles. The average molecular weight is 394 g/mol. The van der Waals surface area contributed by atoms with E-state index in [1.54, 1.807) is 5.57 Å². The summed E-state index contributed by atoms with van der Waals surface area (Å²) in [5.41, 5.74) is 2.98. The zero-order valence-corrected chi connectivity index (χ0v) is 21.4. The minimum atomic E-state index is 0.319. The van der Waals surface area contributed by atoms with Crippen LogP contribution in [0.4, 0.5) is 0 Å². The first-order chi connectivity index (χ1) is 12.4. The van der Waals surface area contributed by atoms with Gasteiger partial charge in [-0.15, -0.1) is 0 Å². The van der Waals surface area contributed by atoms with E-state index in [0.717, 1.165) is 6.54 Å². The number of rotatable bonds is 0. The van der Waals surface area contributed by atoms with Crippen molar-refractivity contribution in [3.63, 3.8) is 0 Å². The molecular weight excluding hydrogens is 342 g/mol. The minimum Gasteiger partial charge on any atom is -0.296 e. The summed E-state index contributed by atoms with van der Waals surface area (Å²) in [5.74, 6) is 0. The molecule has 0 aromatic rings. The van der Waals surface area contributed by atoms with Gasteiger partial charge in [0, 0.05) is 55.9 Å². The zero-order chi connectivity index (χ0) is 22.0. The molecule has 0 bridgehead atoms. The summed E-state index contributed by atoms with van der Waals surface area (Å²) in [6.45, 7) is 34.8. The Balaban J connectivity index is 0.000000280. The van der Waals surface area contributed by atoms with E-state index < -0.39 is 0 Å². The van der Waals surface area contributed by atoms with Crippen LogP contribution in [-0.4, -0.2) is 70.6 Å². The molecule has 2 heterocycles. The fourth-order valence-electron chi connectivity index (χ4n) is 4.01. The lowest BCUT2D eigenvalue weighted by atomic mass is 9.82. The van der Waals surface area contributed by atoms with Crippen LogP contribution in [0.15, 0.2) is 11.6 Å². The molecular formula is C25H51N3. The lowest BCUT2D eigenvalue weighted by Gasteiger charge is -2.46. The lowest BCUT2D eigenvalue weighted by molar-refractivity contribution is 0.0211. The molecule has 2 aliphatic rings. The third-order valence-electron chi connectivity index (χ3n) is 6.30. The second-order valence-electron chi connectivity index (χ2n) is 12.7. The lowest BCUT2D eigenvalue weighted by Crippen LogP contribution is -2.57. The van der Waals surface area contributed by atoms with E-state index in [2.05, 4.69) is 104 Å². The maximum Gasteiger partial charge on any atom is 0.0171 e. The van der Waals surface area contributed by atoms with Gasteiger partial charge >= 0.3 is 0 Å². The van der Waals surface area contributed by atoms with E-state index >= 15 is 0 Å². The largest absolute Gasteiger partial charge is 0.296 e. The van der Waals surface area contributed by atoms with E-state index in [1.807, 2.05) is 0 Å². The highest BCUT2D eigenvalue weighted by molar-refractivity contribution is 5.15. The van der Waals surface area contributed by atoms with Gasteiger partial charge < -0.3 is 0 Å². The molecule has 2 aliphatic heterocycles. The van der Waals surface area contributed by atoms with Crippen LogP contribution >= 0.6 is 0 Å². The van der Waals surface area contributed by atoms with Crippen LogP contribution in [0.5, 0.6) is 0 Å². The third-order valence-corrected chi connectivity index (χ3v) is 6.30. The second kappa shape index (κ2) is 9.18. The average Bonchev–Trinajstić information content (AvgIpc) is 2.52. The van der Waals surface area contributed by atoms with Gasteiger partial charge in [-0.2, -0.15) is 0 Å². The predicted octanol–water partition coefficient (Wildman–Crippen LogP) is 5.66. The summed E-state index contributed by atoms with van der Waals surface area (Å²) in [6, 6.07) is 0.